The fourth-order valence-corrected chi connectivity index (χ4v) is 3.69. The number of amides is 1. The Morgan fingerprint density at radius 3 is 2.55 bits per heavy atom. The summed E-state index contributed by atoms with van der Waals surface area (Å²) in [6, 6.07) is 17.9. The minimum absolute atomic E-state index is 0.114. The molecular formula is C28H21ClN4O5. The van der Waals surface area contributed by atoms with E-state index in [1.807, 2.05) is 6.07 Å². The lowest BCUT2D eigenvalue weighted by atomic mass is 10.1. The number of aromatic nitrogens is 2. The van der Waals surface area contributed by atoms with E-state index in [-0.39, 0.29) is 29.4 Å². The fraction of sp³-hybridized carbons (Fsp3) is 0.107. The first-order chi connectivity index (χ1) is 18.3. The molecule has 0 radical (unpaired) electrons. The highest BCUT2D eigenvalue weighted by atomic mass is 35.5. The fourth-order valence-electron chi connectivity index (χ4n) is 3.52. The van der Waals surface area contributed by atoms with E-state index in [4.69, 9.17) is 21.1 Å². The Balaban J connectivity index is 1.74. The second-order valence-corrected chi connectivity index (χ2v) is 8.38. The maximum atomic E-state index is 13.4. The highest BCUT2D eigenvalue weighted by Gasteiger charge is 2.19. The molecule has 0 spiro atoms. The van der Waals surface area contributed by atoms with E-state index < -0.39 is 17.4 Å². The van der Waals surface area contributed by atoms with Crippen molar-refractivity contribution in [2.45, 2.75) is 13.8 Å². The Kier molecular flexibility index (Phi) is 7.85. The predicted molar refractivity (Wildman–Crippen MR) is 142 cm³/mol. The molecule has 0 unspecified atom stereocenters. The van der Waals surface area contributed by atoms with Crippen LogP contribution in [0.15, 0.2) is 77.2 Å². The van der Waals surface area contributed by atoms with Gasteiger partial charge in [-0.2, -0.15) is 10.2 Å². The molecule has 190 valence electrons. The summed E-state index contributed by atoms with van der Waals surface area (Å²) in [6.07, 6.45) is 2.66. The van der Waals surface area contributed by atoms with Gasteiger partial charge < -0.3 is 14.8 Å². The van der Waals surface area contributed by atoms with E-state index in [0.29, 0.717) is 27.5 Å². The van der Waals surface area contributed by atoms with Gasteiger partial charge in [-0.05, 0) is 68.0 Å². The molecule has 2 heterocycles. The van der Waals surface area contributed by atoms with Gasteiger partial charge in [-0.3, -0.25) is 14.0 Å². The van der Waals surface area contributed by atoms with Crippen molar-refractivity contribution in [2.24, 2.45) is 0 Å². The average Bonchev–Trinajstić information content (AvgIpc) is 2.91. The van der Waals surface area contributed by atoms with E-state index in [0.717, 1.165) is 6.08 Å². The number of carbonyl (C=O) groups excluding carboxylic acids is 2. The Morgan fingerprint density at radius 1 is 1.13 bits per heavy atom. The van der Waals surface area contributed by atoms with Gasteiger partial charge in [-0.1, -0.05) is 29.8 Å². The van der Waals surface area contributed by atoms with Crippen molar-refractivity contribution >= 4 is 40.9 Å². The number of halogens is 1. The highest BCUT2D eigenvalue weighted by molar-refractivity contribution is 6.32. The summed E-state index contributed by atoms with van der Waals surface area (Å²) in [6.45, 7) is 3.72. The molecule has 0 saturated carbocycles. The molecule has 4 aromatic rings. The average molecular weight is 529 g/mol. The summed E-state index contributed by atoms with van der Waals surface area (Å²) in [7, 11) is 0. The van der Waals surface area contributed by atoms with Crippen molar-refractivity contribution in [3.63, 3.8) is 0 Å². The Hall–Kier alpha value is -4.94. The second-order valence-electron chi connectivity index (χ2n) is 7.97. The third-order valence-electron chi connectivity index (χ3n) is 5.40. The molecule has 0 aliphatic rings. The molecule has 2 aromatic heterocycles. The summed E-state index contributed by atoms with van der Waals surface area (Å²) in [5.41, 5.74) is 0.691. The molecule has 0 aliphatic heterocycles. The number of anilines is 1. The molecular weight excluding hydrogens is 508 g/mol. The topological polar surface area (TPSA) is 123 Å². The molecule has 0 bridgehead atoms. The number of para-hydroxylation sites is 1. The number of nitrogens with zero attached hydrogens (tertiary/aromatic N) is 3. The molecule has 0 saturated heterocycles. The number of aryl methyl sites for hydroxylation is 1. The monoisotopic (exact) mass is 528 g/mol. The third-order valence-corrected chi connectivity index (χ3v) is 5.71. The van der Waals surface area contributed by atoms with E-state index >= 15 is 0 Å². The number of esters is 1. The molecule has 0 aliphatic carbocycles. The van der Waals surface area contributed by atoms with E-state index in [1.165, 1.54) is 34.9 Å². The zero-order valence-corrected chi connectivity index (χ0v) is 21.2. The molecule has 1 amide bonds. The predicted octanol–water partition coefficient (Wildman–Crippen LogP) is 5.17. The van der Waals surface area contributed by atoms with Crippen LogP contribution in [0.5, 0.6) is 11.6 Å². The van der Waals surface area contributed by atoms with Crippen LogP contribution in [0.25, 0.3) is 11.7 Å². The van der Waals surface area contributed by atoms with Gasteiger partial charge in [0.2, 0.25) is 5.88 Å². The van der Waals surface area contributed by atoms with Crippen molar-refractivity contribution in [1.82, 2.24) is 9.38 Å². The van der Waals surface area contributed by atoms with Gasteiger partial charge in [0, 0.05) is 11.9 Å². The molecule has 38 heavy (non-hydrogen) atoms. The van der Waals surface area contributed by atoms with Gasteiger partial charge >= 0.3 is 5.97 Å². The van der Waals surface area contributed by atoms with Crippen molar-refractivity contribution in [3.8, 4) is 17.7 Å². The lowest BCUT2D eigenvalue weighted by molar-refractivity contribution is -0.112. The Labute approximate surface area is 222 Å². The minimum Gasteiger partial charge on any atom is -0.462 e. The van der Waals surface area contributed by atoms with Gasteiger partial charge in [-0.25, -0.2) is 4.79 Å². The quantitative estimate of drug-likeness (QED) is 0.199. The summed E-state index contributed by atoms with van der Waals surface area (Å²) < 4.78 is 12.1. The molecule has 0 atom stereocenters. The number of pyridine rings is 1. The largest absolute Gasteiger partial charge is 0.462 e. The molecule has 0 fully saturated rings. The first-order valence-corrected chi connectivity index (χ1v) is 11.8. The first-order valence-electron chi connectivity index (χ1n) is 11.5. The number of nitriles is 1. The second kappa shape index (κ2) is 11.4. The first kappa shape index (κ1) is 26.1. The van der Waals surface area contributed by atoms with Crippen LogP contribution in [0.1, 0.15) is 28.4 Å². The molecule has 10 heteroatoms. The van der Waals surface area contributed by atoms with Crippen LogP contribution in [-0.2, 0) is 9.53 Å². The van der Waals surface area contributed by atoms with E-state index in [9.17, 15) is 19.6 Å². The number of hydrogen-bond donors (Lipinski definition) is 1. The van der Waals surface area contributed by atoms with Gasteiger partial charge in [0.15, 0.2) is 0 Å². The van der Waals surface area contributed by atoms with Crippen molar-refractivity contribution < 1.29 is 19.1 Å². The van der Waals surface area contributed by atoms with Crippen LogP contribution in [-0.4, -0.2) is 27.9 Å². The standard InChI is InChI=1S/C28H21ClN4O5/c1-3-37-28(36)18-10-12-20(13-11-18)31-25(34)19(16-30)15-21-26(38-23-9-5-4-8-22(23)29)32-24-17(2)7-6-14-33(24)27(21)35/h4-15H,3H2,1-2H3,(H,31,34)/b19-15-. The van der Waals surface area contributed by atoms with Crippen LogP contribution in [0.3, 0.4) is 0 Å². The number of fused-ring (bicyclic) bond motifs is 1. The molecule has 4 rings (SSSR count). The normalized spacial score (nSPS) is 11.1. The Morgan fingerprint density at radius 2 is 1.87 bits per heavy atom. The maximum absolute atomic E-state index is 13.4. The SMILES string of the molecule is CCOC(=O)c1ccc(NC(=O)/C(C#N)=C\c2c(Oc3ccccc3Cl)nc3c(C)cccn3c2=O)cc1. The summed E-state index contributed by atoms with van der Waals surface area (Å²) >= 11 is 6.24. The van der Waals surface area contributed by atoms with E-state index in [2.05, 4.69) is 10.3 Å². The van der Waals surface area contributed by atoms with E-state index in [1.54, 1.807) is 50.2 Å². The summed E-state index contributed by atoms with van der Waals surface area (Å²) in [5.74, 6) is -1.13. The van der Waals surface area contributed by atoms with Gasteiger partial charge in [0.25, 0.3) is 11.5 Å². The lowest BCUT2D eigenvalue weighted by Crippen LogP contribution is -2.20. The number of benzene rings is 2. The minimum atomic E-state index is -0.770. The van der Waals surface area contributed by atoms with Crippen LogP contribution in [0.4, 0.5) is 5.69 Å². The smallest absolute Gasteiger partial charge is 0.338 e. The van der Waals surface area contributed by atoms with Crippen LogP contribution < -0.4 is 15.6 Å². The summed E-state index contributed by atoms with van der Waals surface area (Å²) in [5, 5.41) is 12.6. The number of nitrogens with one attached hydrogen (secondary N) is 1. The number of ether oxygens (including phenoxy) is 2. The molecule has 2 aromatic carbocycles. The number of rotatable bonds is 7. The van der Waals surface area contributed by atoms with Gasteiger partial charge in [-0.15, -0.1) is 0 Å². The summed E-state index contributed by atoms with van der Waals surface area (Å²) in [4.78, 5) is 42.7. The van der Waals surface area contributed by atoms with Crippen LogP contribution in [0, 0.1) is 18.3 Å². The number of hydrogen-bond acceptors (Lipinski definition) is 7. The molecule has 9 nitrogen and oxygen atoms in total. The zero-order valence-electron chi connectivity index (χ0n) is 20.4. The zero-order chi connectivity index (χ0) is 27.2. The third kappa shape index (κ3) is 5.56. The lowest BCUT2D eigenvalue weighted by Gasteiger charge is -2.12. The number of carbonyl (C=O) groups is 2. The van der Waals surface area contributed by atoms with Crippen LogP contribution >= 0.6 is 11.6 Å². The van der Waals surface area contributed by atoms with Gasteiger partial charge in [0.1, 0.15) is 28.6 Å². The highest BCUT2D eigenvalue weighted by Crippen LogP contribution is 2.30. The Bertz CT molecular complexity index is 1670. The molecule has 1 N–H and O–H groups in total. The van der Waals surface area contributed by atoms with Crippen molar-refractivity contribution in [2.75, 3.05) is 11.9 Å². The maximum Gasteiger partial charge on any atom is 0.338 e. The van der Waals surface area contributed by atoms with Crippen molar-refractivity contribution in [3.05, 3.63) is 105 Å². The van der Waals surface area contributed by atoms with Crippen LogP contribution in [0.2, 0.25) is 5.02 Å². The van der Waals surface area contributed by atoms with Gasteiger partial charge in [0.05, 0.1) is 17.2 Å². The van der Waals surface area contributed by atoms with Crippen molar-refractivity contribution in [1.29, 1.82) is 5.26 Å².